The predicted molar refractivity (Wildman–Crippen MR) is 130 cm³/mol. The number of methoxy groups -OCH3 is 1. The van der Waals surface area contributed by atoms with Crippen molar-refractivity contribution in [3.63, 3.8) is 0 Å². The second-order valence-corrected chi connectivity index (χ2v) is 7.69. The van der Waals surface area contributed by atoms with Crippen LogP contribution in [-0.2, 0) is 14.3 Å². The summed E-state index contributed by atoms with van der Waals surface area (Å²) in [6.07, 6.45) is 2.85. The van der Waals surface area contributed by atoms with Crippen LogP contribution in [0.2, 0.25) is 0 Å². The van der Waals surface area contributed by atoms with Gasteiger partial charge >= 0.3 is 5.97 Å². The van der Waals surface area contributed by atoms with Gasteiger partial charge in [0.25, 0.3) is 11.8 Å². The normalized spacial score (nSPS) is 10.5. The zero-order valence-electron chi connectivity index (χ0n) is 17.7. The number of carbonyl (C=O) groups is 3. The summed E-state index contributed by atoms with van der Waals surface area (Å²) in [4.78, 5) is 36.3. The minimum atomic E-state index is -0.631. The van der Waals surface area contributed by atoms with Crippen molar-refractivity contribution in [3.05, 3.63) is 94.5 Å². The third-order valence-electron chi connectivity index (χ3n) is 4.39. The fraction of sp³-hybridized carbons (Fsp3) is 0.0800. The maximum absolute atomic E-state index is 12.5. The van der Waals surface area contributed by atoms with Gasteiger partial charge in [-0.3, -0.25) is 9.59 Å². The van der Waals surface area contributed by atoms with Crippen molar-refractivity contribution in [2.75, 3.05) is 24.4 Å². The molecule has 0 unspecified atom stereocenters. The summed E-state index contributed by atoms with van der Waals surface area (Å²) in [6.45, 7) is -0.433. The fourth-order valence-electron chi connectivity index (χ4n) is 2.80. The second kappa shape index (κ2) is 11.6. The number of ether oxygens (including phenoxy) is 2. The number of hydrogen-bond acceptors (Lipinski definition) is 5. The standard InChI is InChI=1S/C25H21BrN2O5/c1-32-22-8-3-2-7-21(22)28-25(31)18-10-12-20(13-11-18)27-23(29)16-33-24(30)14-9-17-5-4-6-19(26)15-17/h2-15H,16H2,1H3,(H,27,29)(H,28,31). The van der Waals surface area contributed by atoms with Crippen LogP contribution < -0.4 is 15.4 Å². The third kappa shape index (κ3) is 7.33. The lowest BCUT2D eigenvalue weighted by atomic mass is 10.2. The highest BCUT2D eigenvalue weighted by Gasteiger charge is 2.10. The quantitative estimate of drug-likeness (QED) is 0.333. The molecule has 0 atom stereocenters. The number of halogens is 1. The van der Waals surface area contributed by atoms with Crippen LogP contribution in [0.4, 0.5) is 11.4 Å². The second-order valence-electron chi connectivity index (χ2n) is 6.78. The van der Waals surface area contributed by atoms with E-state index in [0.717, 1.165) is 10.0 Å². The molecule has 33 heavy (non-hydrogen) atoms. The Hall–Kier alpha value is -3.91. The first-order valence-electron chi connectivity index (χ1n) is 9.89. The maximum atomic E-state index is 12.5. The van der Waals surface area contributed by atoms with Crippen LogP contribution in [-0.4, -0.2) is 31.5 Å². The molecule has 0 spiro atoms. The van der Waals surface area contributed by atoms with Crippen LogP contribution in [0.25, 0.3) is 6.08 Å². The molecule has 0 saturated heterocycles. The molecule has 8 heteroatoms. The van der Waals surface area contributed by atoms with Crippen molar-refractivity contribution in [2.45, 2.75) is 0 Å². The van der Waals surface area contributed by atoms with Crippen LogP contribution in [0, 0.1) is 0 Å². The Morgan fingerprint density at radius 1 is 0.939 bits per heavy atom. The monoisotopic (exact) mass is 508 g/mol. The van der Waals surface area contributed by atoms with E-state index in [2.05, 4.69) is 26.6 Å². The lowest BCUT2D eigenvalue weighted by Gasteiger charge is -2.10. The molecule has 3 aromatic rings. The van der Waals surface area contributed by atoms with Crippen molar-refractivity contribution in [1.82, 2.24) is 0 Å². The van der Waals surface area contributed by atoms with E-state index in [1.54, 1.807) is 48.5 Å². The summed E-state index contributed by atoms with van der Waals surface area (Å²) in [7, 11) is 1.53. The number of amides is 2. The highest BCUT2D eigenvalue weighted by atomic mass is 79.9. The zero-order valence-corrected chi connectivity index (χ0v) is 19.3. The Balaban J connectivity index is 1.48. The van der Waals surface area contributed by atoms with Crippen LogP contribution in [0.1, 0.15) is 15.9 Å². The van der Waals surface area contributed by atoms with E-state index in [1.807, 2.05) is 30.3 Å². The number of benzene rings is 3. The molecule has 0 saturated carbocycles. The number of anilines is 2. The topological polar surface area (TPSA) is 93.7 Å². The molecular formula is C25H21BrN2O5. The van der Waals surface area contributed by atoms with Gasteiger partial charge in [-0.05, 0) is 60.2 Å². The molecule has 0 aromatic heterocycles. The van der Waals surface area contributed by atoms with Crippen molar-refractivity contribution in [1.29, 1.82) is 0 Å². The third-order valence-corrected chi connectivity index (χ3v) is 4.89. The fourth-order valence-corrected chi connectivity index (χ4v) is 3.22. The summed E-state index contributed by atoms with van der Waals surface area (Å²) in [6, 6.07) is 20.8. The van der Waals surface area contributed by atoms with Gasteiger partial charge in [-0.2, -0.15) is 0 Å². The number of hydrogen-bond donors (Lipinski definition) is 2. The van der Waals surface area contributed by atoms with E-state index in [9.17, 15) is 14.4 Å². The molecule has 3 aromatic carbocycles. The number of nitrogens with one attached hydrogen (secondary N) is 2. The molecule has 168 valence electrons. The Bertz CT molecular complexity index is 1180. The average Bonchev–Trinajstić information content (AvgIpc) is 2.82. The SMILES string of the molecule is COc1ccccc1NC(=O)c1ccc(NC(=O)COC(=O)C=Cc2cccc(Br)c2)cc1. The first kappa shape index (κ1) is 23.7. The molecule has 0 radical (unpaired) electrons. The van der Waals surface area contributed by atoms with Gasteiger partial charge in [-0.15, -0.1) is 0 Å². The van der Waals surface area contributed by atoms with E-state index >= 15 is 0 Å². The van der Waals surface area contributed by atoms with E-state index in [4.69, 9.17) is 9.47 Å². The molecule has 0 aliphatic carbocycles. The van der Waals surface area contributed by atoms with Crippen LogP contribution in [0.15, 0.2) is 83.3 Å². The Morgan fingerprint density at radius 2 is 1.70 bits per heavy atom. The minimum Gasteiger partial charge on any atom is -0.495 e. The summed E-state index contributed by atoms with van der Waals surface area (Å²) < 4.78 is 11.1. The molecule has 3 rings (SSSR count). The molecule has 0 aliphatic heterocycles. The zero-order chi connectivity index (χ0) is 23.6. The van der Waals surface area contributed by atoms with E-state index in [-0.39, 0.29) is 5.91 Å². The first-order valence-corrected chi connectivity index (χ1v) is 10.7. The largest absolute Gasteiger partial charge is 0.495 e. The van der Waals surface area contributed by atoms with Gasteiger partial charge in [-0.1, -0.05) is 40.2 Å². The predicted octanol–water partition coefficient (Wildman–Crippen LogP) is 4.91. The Morgan fingerprint density at radius 3 is 2.42 bits per heavy atom. The van der Waals surface area contributed by atoms with Crippen molar-refractivity contribution in [3.8, 4) is 5.75 Å². The molecule has 2 amide bonds. The summed E-state index contributed by atoms with van der Waals surface area (Å²) in [5, 5.41) is 5.39. The summed E-state index contributed by atoms with van der Waals surface area (Å²) in [5.74, 6) is -0.891. The van der Waals surface area contributed by atoms with Gasteiger partial charge in [0, 0.05) is 21.8 Å². The van der Waals surface area contributed by atoms with Crippen molar-refractivity contribution in [2.24, 2.45) is 0 Å². The van der Waals surface area contributed by atoms with Crippen molar-refractivity contribution < 1.29 is 23.9 Å². The lowest BCUT2D eigenvalue weighted by molar-refractivity contribution is -0.142. The maximum Gasteiger partial charge on any atom is 0.331 e. The molecule has 0 fully saturated rings. The van der Waals surface area contributed by atoms with Crippen LogP contribution in [0.3, 0.4) is 0 Å². The van der Waals surface area contributed by atoms with Gasteiger partial charge in [-0.25, -0.2) is 4.79 Å². The van der Waals surface area contributed by atoms with Gasteiger partial charge in [0.1, 0.15) is 5.75 Å². The molecule has 0 heterocycles. The van der Waals surface area contributed by atoms with E-state index < -0.39 is 18.5 Å². The molecular weight excluding hydrogens is 488 g/mol. The van der Waals surface area contributed by atoms with Gasteiger partial charge in [0.05, 0.1) is 12.8 Å². The van der Waals surface area contributed by atoms with Gasteiger partial charge in [0.2, 0.25) is 0 Å². The Kier molecular flexibility index (Phi) is 8.37. The molecule has 2 N–H and O–H groups in total. The molecule has 0 aliphatic rings. The first-order chi connectivity index (χ1) is 15.9. The lowest BCUT2D eigenvalue weighted by Crippen LogP contribution is -2.20. The smallest absolute Gasteiger partial charge is 0.331 e. The number of rotatable bonds is 8. The van der Waals surface area contributed by atoms with Crippen molar-refractivity contribution >= 4 is 51.2 Å². The Labute approximate surface area is 199 Å². The van der Waals surface area contributed by atoms with E-state index in [1.165, 1.54) is 13.2 Å². The average molecular weight is 509 g/mol. The molecule has 7 nitrogen and oxygen atoms in total. The van der Waals surface area contributed by atoms with Gasteiger partial charge in [0.15, 0.2) is 6.61 Å². The van der Waals surface area contributed by atoms with Gasteiger partial charge < -0.3 is 20.1 Å². The number of para-hydroxylation sites is 2. The highest BCUT2D eigenvalue weighted by Crippen LogP contribution is 2.24. The molecule has 0 bridgehead atoms. The summed E-state index contributed by atoms with van der Waals surface area (Å²) in [5.41, 5.74) is 2.25. The number of esters is 1. The van der Waals surface area contributed by atoms with E-state index in [0.29, 0.717) is 22.7 Å². The highest BCUT2D eigenvalue weighted by molar-refractivity contribution is 9.10. The minimum absolute atomic E-state index is 0.316. The van der Waals surface area contributed by atoms with Crippen LogP contribution >= 0.6 is 15.9 Å². The van der Waals surface area contributed by atoms with Crippen LogP contribution in [0.5, 0.6) is 5.75 Å². The summed E-state index contributed by atoms with van der Waals surface area (Å²) >= 11 is 3.35. The number of carbonyl (C=O) groups excluding carboxylic acids is 3.